The standard InChI is InChI=1S/C15H17BrClNS/c1-4-18-15(11-7-14(16)19-8-11)12-5-9(2)10(3)6-13(12)17/h5-8,15,18H,4H2,1-3H3. The van der Waals surface area contributed by atoms with Crippen LogP contribution in [0.5, 0.6) is 0 Å². The minimum Gasteiger partial charge on any atom is -0.306 e. The molecule has 0 radical (unpaired) electrons. The van der Waals surface area contributed by atoms with E-state index in [2.05, 4.69) is 65.6 Å². The minimum atomic E-state index is 0.152. The van der Waals surface area contributed by atoms with E-state index in [0.29, 0.717) is 0 Å². The van der Waals surface area contributed by atoms with Gasteiger partial charge in [-0.25, -0.2) is 0 Å². The lowest BCUT2D eigenvalue weighted by Gasteiger charge is -2.20. The second-order valence-electron chi connectivity index (χ2n) is 4.63. The number of benzene rings is 1. The Morgan fingerprint density at radius 2 is 1.95 bits per heavy atom. The molecular weight excluding hydrogens is 342 g/mol. The van der Waals surface area contributed by atoms with Crippen LogP contribution >= 0.6 is 38.9 Å². The molecule has 19 heavy (non-hydrogen) atoms. The number of halogens is 2. The Kier molecular flexibility index (Phi) is 5.07. The van der Waals surface area contributed by atoms with Gasteiger partial charge in [0.25, 0.3) is 0 Å². The molecule has 1 aromatic heterocycles. The van der Waals surface area contributed by atoms with Gasteiger partial charge in [0, 0.05) is 5.02 Å². The van der Waals surface area contributed by atoms with E-state index < -0.39 is 0 Å². The summed E-state index contributed by atoms with van der Waals surface area (Å²) >= 11 is 11.7. The van der Waals surface area contributed by atoms with Crippen LogP contribution in [0.25, 0.3) is 0 Å². The van der Waals surface area contributed by atoms with Crippen molar-refractivity contribution < 1.29 is 0 Å². The predicted molar refractivity (Wildman–Crippen MR) is 88.5 cm³/mol. The van der Waals surface area contributed by atoms with Gasteiger partial charge in [0.1, 0.15) is 0 Å². The Morgan fingerprint density at radius 3 is 2.53 bits per heavy atom. The molecule has 0 saturated heterocycles. The molecule has 0 bridgehead atoms. The van der Waals surface area contributed by atoms with Gasteiger partial charge >= 0.3 is 0 Å². The minimum absolute atomic E-state index is 0.152. The van der Waals surface area contributed by atoms with Crippen molar-refractivity contribution in [2.45, 2.75) is 26.8 Å². The number of rotatable bonds is 4. The molecule has 0 amide bonds. The van der Waals surface area contributed by atoms with Crippen molar-refractivity contribution in [1.82, 2.24) is 5.32 Å². The van der Waals surface area contributed by atoms with Gasteiger partial charge < -0.3 is 5.32 Å². The van der Waals surface area contributed by atoms with E-state index in [1.165, 1.54) is 16.7 Å². The summed E-state index contributed by atoms with van der Waals surface area (Å²) in [4.78, 5) is 0. The highest BCUT2D eigenvalue weighted by molar-refractivity contribution is 9.11. The fourth-order valence-electron chi connectivity index (χ4n) is 2.11. The summed E-state index contributed by atoms with van der Waals surface area (Å²) < 4.78 is 1.14. The predicted octanol–water partition coefficient (Wildman–Crippen LogP) is 5.48. The van der Waals surface area contributed by atoms with Crippen LogP contribution in [0, 0.1) is 13.8 Å². The lowest BCUT2D eigenvalue weighted by atomic mass is 9.97. The Labute approximate surface area is 132 Å². The molecule has 1 nitrogen and oxygen atoms in total. The number of aryl methyl sites for hydroxylation is 2. The summed E-state index contributed by atoms with van der Waals surface area (Å²) in [6.45, 7) is 7.24. The van der Waals surface area contributed by atoms with Gasteiger partial charge in [-0.1, -0.05) is 24.6 Å². The van der Waals surface area contributed by atoms with Crippen molar-refractivity contribution >= 4 is 38.9 Å². The van der Waals surface area contributed by atoms with E-state index in [-0.39, 0.29) is 6.04 Å². The third-order valence-electron chi connectivity index (χ3n) is 3.25. The molecule has 1 N–H and O–H groups in total. The monoisotopic (exact) mass is 357 g/mol. The number of hydrogen-bond acceptors (Lipinski definition) is 2. The summed E-state index contributed by atoms with van der Waals surface area (Å²) in [7, 11) is 0. The van der Waals surface area contributed by atoms with Crippen LogP contribution in [0.2, 0.25) is 5.02 Å². The quantitative estimate of drug-likeness (QED) is 0.763. The van der Waals surface area contributed by atoms with E-state index in [1.807, 2.05) is 0 Å². The molecule has 0 aliphatic carbocycles. The first-order valence-corrected chi connectivity index (χ1v) is 8.32. The van der Waals surface area contributed by atoms with Crippen molar-refractivity contribution in [2.75, 3.05) is 6.54 Å². The molecule has 1 heterocycles. The number of hydrogen-bond donors (Lipinski definition) is 1. The van der Waals surface area contributed by atoms with E-state index in [4.69, 9.17) is 11.6 Å². The van der Waals surface area contributed by atoms with E-state index in [0.717, 1.165) is 20.9 Å². The van der Waals surface area contributed by atoms with Crippen LogP contribution in [0.4, 0.5) is 0 Å². The maximum atomic E-state index is 6.44. The first-order chi connectivity index (χ1) is 9.02. The smallest absolute Gasteiger partial charge is 0.0701 e. The summed E-state index contributed by atoms with van der Waals surface area (Å²) in [5.74, 6) is 0. The van der Waals surface area contributed by atoms with Crippen LogP contribution in [0.3, 0.4) is 0 Å². The molecule has 2 rings (SSSR count). The molecule has 0 aliphatic heterocycles. The Balaban J connectivity index is 2.47. The van der Waals surface area contributed by atoms with Crippen LogP contribution < -0.4 is 5.32 Å². The molecule has 0 fully saturated rings. The first-order valence-electron chi connectivity index (χ1n) is 6.27. The average molecular weight is 359 g/mol. The third-order valence-corrected chi connectivity index (χ3v) is 5.10. The van der Waals surface area contributed by atoms with Gasteiger partial charge in [0.05, 0.1) is 9.83 Å². The normalized spacial score (nSPS) is 12.7. The number of nitrogens with one attached hydrogen (secondary N) is 1. The van der Waals surface area contributed by atoms with Crippen molar-refractivity contribution in [1.29, 1.82) is 0 Å². The van der Waals surface area contributed by atoms with E-state index in [1.54, 1.807) is 11.3 Å². The van der Waals surface area contributed by atoms with E-state index >= 15 is 0 Å². The summed E-state index contributed by atoms with van der Waals surface area (Å²) in [6, 6.07) is 6.55. The molecule has 4 heteroatoms. The van der Waals surface area contributed by atoms with Crippen LogP contribution in [-0.4, -0.2) is 6.54 Å². The zero-order valence-electron chi connectivity index (χ0n) is 11.3. The van der Waals surface area contributed by atoms with E-state index in [9.17, 15) is 0 Å². The van der Waals surface area contributed by atoms with Gasteiger partial charge in [0.15, 0.2) is 0 Å². The highest BCUT2D eigenvalue weighted by Gasteiger charge is 2.18. The molecule has 0 saturated carbocycles. The van der Waals surface area contributed by atoms with Crippen LogP contribution in [0.1, 0.15) is 35.2 Å². The lowest BCUT2D eigenvalue weighted by Crippen LogP contribution is -2.22. The second kappa shape index (κ2) is 6.40. The molecule has 1 unspecified atom stereocenters. The van der Waals surface area contributed by atoms with Crippen molar-refractivity contribution in [2.24, 2.45) is 0 Å². The molecular formula is C15H17BrClNS. The Bertz CT molecular complexity index is 580. The van der Waals surface area contributed by atoms with Gasteiger partial charge in [-0.05, 0) is 76.1 Å². The summed E-state index contributed by atoms with van der Waals surface area (Å²) in [6.07, 6.45) is 0. The SMILES string of the molecule is CCNC(c1csc(Br)c1)c1cc(C)c(C)cc1Cl. The zero-order chi connectivity index (χ0) is 14.0. The highest BCUT2D eigenvalue weighted by Crippen LogP contribution is 2.34. The molecule has 102 valence electrons. The summed E-state index contributed by atoms with van der Waals surface area (Å²) in [5.41, 5.74) is 4.91. The van der Waals surface area contributed by atoms with Gasteiger partial charge in [-0.2, -0.15) is 0 Å². The second-order valence-corrected chi connectivity index (χ2v) is 7.33. The average Bonchev–Trinajstić information content (AvgIpc) is 2.78. The van der Waals surface area contributed by atoms with Crippen molar-refractivity contribution in [3.05, 3.63) is 54.6 Å². The first kappa shape index (κ1) is 15.0. The third kappa shape index (κ3) is 3.40. The fraction of sp³-hybridized carbons (Fsp3) is 0.333. The van der Waals surface area contributed by atoms with Crippen LogP contribution in [0.15, 0.2) is 27.4 Å². The number of thiophene rings is 1. The molecule has 2 aromatic rings. The molecule has 1 atom stereocenters. The molecule has 1 aromatic carbocycles. The largest absolute Gasteiger partial charge is 0.306 e. The molecule has 0 aliphatic rings. The molecule has 0 spiro atoms. The Hall–Kier alpha value is -0.350. The zero-order valence-corrected chi connectivity index (χ0v) is 14.4. The maximum absolute atomic E-state index is 6.44. The topological polar surface area (TPSA) is 12.0 Å². The van der Waals surface area contributed by atoms with Crippen molar-refractivity contribution in [3.63, 3.8) is 0 Å². The lowest BCUT2D eigenvalue weighted by molar-refractivity contribution is 0.632. The van der Waals surface area contributed by atoms with Gasteiger partial charge in [-0.15, -0.1) is 11.3 Å². The van der Waals surface area contributed by atoms with Gasteiger partial charge in [0.2, 0.25) is 0 Å². The van der Waals surface area contributed by atoms with Crippen LogP contribution in [-0.2, 0) is 0 Å². The Morgan fingerprint density at radius 1 is 1.26 bits per heavy atom. The fourth-order valence-corrected chi connectivity index (χ4v) is 3.64. The summed E-state index contributed by atoms with van der Waals surface area (Å²) in [5, 5.41) is 6.52. The highest BCUT2D eigenvalue weighted by atomic mass is 79.9. The maximum Gasteiger partial charge on any atom is 0.0701 e. The van der Waals surface area contributed by atoms with Crippen molar-refractivity contribution in [3.8, 4) is 0 Å². The van der Waals surface area contributed by atoms with Gasteiger partial charge in [-0.3, -0.25) is 0 Å².